The first kappa shape index (κ1) is 18.6. The topological polar surface area (TPSA) is 62.3 Å². The van der Waals surface area contributed by atoms with Gasteiger partial charge in [-0.3, -0.25) is 9.88 Å². The molecule has 1 aliphatic carbocycles. The van der Waals surface area contributed by atoms with Crippen LogP contribution in [0.15, 0.2) is 18.3 Å². The molecule has 1 aromatic rings. The summed E-state index contributed by atoms with van der Waals surface area (Å²) in [5.74, 6) is 1.14. The van der Waals surface area contributed by atoms with Crippen molar-refractivity contribution >= 4 is 22.4 Å². The van der Waals surface area contributed by atoms with E-state index in [-0.39, 0.29) is 18.4 Å². The number of rotatable bonds is 6. The minimum Gasteiger partial charge on any atom is -0.296 e. The van der Waals surface area contributed by atoms with Gasteiger partial charge in [0.2, 0.25) is 10.0 Å². The Balaban J connectivity index is 0.00000192. The quantitative estimate of drug-likeness (QED) is 0.841. The van der Waals surface area contributed by atoms with Crippen LogP contribution in [0.1, 0.15) is 31.0 Å². The Morgan fingerprint density at radius 3 is 2.57 bits per heavy atom. The van der Waals surface area contributed by atoms with Crippen molar-refractivity contribution in [1.29, 1.82) is 0 Å². The van der Waals surface area contributed by atoms with Gasteiger partial charge in [0.15, 0.2) is 0 Å². The minimum atomic E-state index is -3.14. The molecule has 2 fully saturated rings. The molecule has 1 saturated heterocycles. The molecule has 0 aromatic carbocycles. The Labute approximate surface area is 145 Å². The number of sulfonamides is 1. The second kappa shape index (κ2) is 7.47. The van der Waals surface area contributed by atoms with Gasteiger partial charge in [0.1, 0.15) is 0 Å². The normalized spacial score (nSPS) is 25.3. The van der Waals surface area contributed by atoms with E-state index in [1.807, 2.05) is 6.20 Å². The van der Waals surface area contributed by atoms with Crippen LogP contribution in [0.4, 0.5) is 0 Å². The first-order chi connectivity index (χ1) is 10.4. The predicted octanol–water partition coefficient (Wildman–Crippen LogP) is 1.83. The lowest BCUT2D eigenvalue weighted by atomic mass is 9.99. The summed E-state index contributed by atoms with van der Waals surface area (Å²) >= 11 is 0. The van der Waals surface area contributed by atoms with E-state index in [1.54, 1.807) is 0 Å². The van der Waals surface area contributed by atoms with Crippen LogP contribution in [0.2, 0.25) is 0 Å². The predicted molar refractivity (Wildman–Crippen MR) is 94.1 cm³/mol. The third-order valence-electron chi connectivity index (χ3n) is 4.71. The monoisotopic (exact) mass is 359 g/mol. The number of halogens is 1. The van der Waals surface area contributed by atoms with E-state index in [9.17, 15) is 8.42 Å². The van der Waals surface area contributed by atoms with Gasteiger partial charge in [0, 0.05) is 31.9 Å². The summed E-state index contributed by atoms with van der Waals surface area (Å²) in [6.45, 7) is 4.68. The summed E-state index contributed by atoms with van der Waals surface area (Å²) in [6.07, 6.45) is 6.68. The number of hydrogen-bond acceptors (Lipinski definition) is 4. The maximum Gasteiger partial charge on any atom is 0.209 e. The molecule has 0 bridgehead atoms. The van der Waals surface area contributed by atoms with Crippen molar-refractivity contribution in [3.05, 3.63) is 29.6 Å². The summed E-state index contributed by atoms with van der Waals surface area (Å²) in [4.78, 5) is 6.85. The molecule has 1 saturated carbocycles. The lowest BCUT2D eigenvalue weighted by Gasteiger charge is -2.17. The summed E-state index contributed by atoms with van der Waals surface area (Å²) in [5, 5.41) is 0. The molecule has 0 radical (unpaired) electrons. The van der Waals surface area contributed by atoms with Gasteiger partial charge in [-0.2, -0.15) is 0 Å². The Morgan fingerprint density at radius 1 is 1.30 bits per heavy atom. The number of aryl methyl sites for hydroxylation is 1. The van der Waals surface area contributed by atoms with Crippen LogP contribution in [0.3, 0.4) is 0 Å². The number of hydrogen-bond donors (Lipinski definition) is 1. The second-order valence-electron chi connectivity index (χ2n) is 6.70. The van der Waals surface area contributed by atoms with Crippen LogP contribution >= 0.6 is 12.4 Å². The fourth-order valence-electron chi connectivity index (χ4n) is 3.43. The van der Waals surface area contributed by atoms with E-state index in [4.69, 9.17) is 0 Å². The first-order valence-corrected chi connectivity index (χ1v) is 9.97. The molecule has 2 atom stereocenters. The molecule has 0 spiro atoms. The van der Waals surface area contributed by atoms with E-state index in [0.717, 1.165) is 31.7 Å². The van der Waals surface area contributed by atoms with Gasteiger partial charge >= 0.3 is 0 Å². The van der Waals surface area contributed by atoms with Crippen molar-refractivity contribution in [2.45, 2.75) is 38.8 Å². The summed E-state index contributed by atoms with van der Waals surface area (Å²) in [7, 11) is -3.14. The average molecular weight is 360 g/mol. The zero-order chi connectivity index (χ0) is 15.7. The maximum absolute atomic E-state index is 11.6. The molecule has 1 aliphatic heterocycles. The summed E-state index contributed by atoms with van der Waals surface area (Å²) in [6, 6.07) is 4.27. The lowest BCUT2D eigenvalue weighted by molar-refractivity contribution is 0.306. The molecule has 130 valence electrons. The number of pyridine rings is 1. The highest BCUT2D eigenvalue weighted by atomic mass is 35.5. The zero-order valence-electron chi connectivity index (χ0n) is 13.7. The van der Waals surface area contributed by atoms with Crippen LogP contribution in [-0.2, 0) is 23.0 Å². The largest absolute Gasteiger partial charge is 0.296 e. The zero-order valence-corrected chi connectivity index (χ0v) is 15.4. The van der Waals surface area contributed by atoms with Crippen LogP contribution < -0.4 is 4.72 Å². The number of nitrogens with one attached hydrogen (secondary N) is 1. The van der Waals surface area contributed by atoms with Crippen molar-refractivity contribution in [2.24, 2.45) is 11.8 Å². The molecule has 1 aromatic heterocycles. The van der Waals surface area contributed by atoms with Crippen LogP contribution in [0, 0.1) is 11.8 Å². The highest BCUT2D eigenvalue weighted by molar-refractivity contribution is 7.88. The van der Waals surface area contributed by atoms with E-state index in [1.165, 1.54) is 24.7 Å². The summed E-state index contributed by atoms with van der Waals surface area (Å²) < 4.78 is 26.0. The molecular weight excluding hydrogens is 334 g/mol. The molecular formula is C16H26ClN3O2S. The Hall–Kier alpha value is -0.690. The molecule has 23 heavy (non-hydrogen) atoms. The van der Waals surface area contributed by atoms with E-state index >= 15 is 0 Å². The van der Waals surface area contributed by atoms with Gasteiger partial charge in [0.05, 0.1) is 11.9 Å². The van der Waals surface area contributed by atoms with Gasteiger partial charge in [-0.25, -0.2) is 13.1 Å². The maximum atomic E-state index is 11.6. The molecule has 2 heterocycles. The first-order valence-electron chi connectivity index (χ1n) is 8.08. The minimum absolute atomic E-state index is 0. The molecule has 7 heteroatoms. The van der Waals surface area contributed by atoms with Gasteiger partial charge < -0.3 is 0 Å². The van der Waals surface area contributed by atoms with Crippen molar-refractivity contribution in [2.75, 3.05) is 19.3 Å². The van der Waals surface area contributed by atoms with E-state index < -0.39 is 10.0 Å². The van der Waals surface area contributed by atoms with Gasteiger partial charge in [-0.1, -0.05) is 13.0 Å². The highest BCUT2D eigenvalue weighted by Gasteiger charge is 2.43. The molecule has 2 aliphatic rings. The molecule has 5 nitrogen and oxygen atoms in total. The molecule has 1 N–H and O–H groups in total. The van der Waals surface area contributed by atoms with Crippen LogP contribution in [0.25, 0.3) is 0 Å². The van der Waals surface area contributed by atoms with Crippen molar-refractivity contribution in [3.8, 4) is 0 Å². The van der Waals surface area contributed by atoms with Gasteiger partial charge in [-0.05, 0) is 42.7 Å². The standard InChI is InChI=1S/C16H25N3O2S.ClH/c1-3-12-4-7-14(17-8-12)9-19-10-15(13-5-6-13)16(11-19)18-22(2,20)21;/h4,7-8,13,15-16,18H,3,5-6,9-11H2,1-2H3;1H/t15-,16+;/m1./s1. The van der Waals surface area contributed by atoms with Crippen LogP contribution in [-0.4, -0.2) is 43.7 Å². The second-order valence-corrected chi connectivity index (χ2v) is 8.48. The fraction of sp³-hybridized carbons (Fsp3) is 0.688. The lowest BCUT2D eigenvalue weighted by Crippen LogP contribution is -2.40. The van der Waals surface area contributed by atoms with Gasteiger partial charge in [0.25, 0.3) is 0 Å². The smallest absolute Gasteiger partial charge is 0.209 e. The summed E-state index contributed by atoms with van der Waals surface area (Å²) in [5.41, 5.74) is 2.31. The Bertz CT molecular complexity index is 617. The Kier molecular flexibility index (Phi) is 6.05. The SMILES string of the molecule is CCc1ccc(CN2C[C@H](NS(C)(=O)=O)[C@@H](C3CC3)C2)nc1.Cl. The molecule has 0 amide bonds. The number of likely N-dealkylation sites (tertiary alicyclic amines) is 1. The third-order valence-corrected chi connectivity index (χ3v) is 5.44. The van der Waals surface area contributed by atoms with E-state index in [2.05, 4.69) is 33.7 Å². The van der Waals surface area contributed by atoms with E-state index in [0.29, 0.717) is 11.8 Å². The van der Waals surface area contributed by atoms with Crippen LogP contribution in [0.5, 0.6) is 0 Å². The number of aromatic nitrogens is 1. The van der Waals surface area contributed by atoms with Crippen molar-refractivity contribution in [1.82, 2.24) is 14.6 Å². The third kappa shape index (κ3) is 5.14. The molecule has 0 unspecified atom stereocenters. The van der Waals surface area contributed by atoms with Gasteiger partial charge in [-0.15, -0.1) is 12.4 Å². The molecule has 3 rings (SSSR count). The van der Waals surface area contributed by atoms with Crippen molar-refractivity contribution < 1.29 is 8.42 Å². The number of nitrogens with zero attached hydrogens (tertiary/aromatic N) is 2. The highest BCUT2D eigenvalue weighted by Crippen LogP contribution is 2.41. The Morgan fingerprint density at radius 2 is 2.04 bits per heavy atom. The average Bonchev–Trinajstić information content (AvgIpc) is 3.22. The van der Waals surface area contributed by atoms with Crippen molar-refractivity contribution in [3.63, 3.8) is 0 Å². The fourth-order valence-corrected chi connectivity index (χ4v) is 4.23.